The monoisotopic (exact) mass is 424 g/mol. The van der Waals surface area contributed by atoms with E-state index in [1.165, 1.54) is 6.33 Å². The second-order valence-electron chi connectivity index (χ2n) is 8.69. The average Bonchev–Trinajstić information content (AvgIpc) is 3.46. The molecule has 8 nitrogen and oxygen atoms in total. The molecule has 1 saturated carbocycles. The standard InChI is InChI=1S/C23H28N6O2/c1-23(2,3)22(30)31-15-28-10-9-18-20(25-14-26-21(18)28)17-11-27-29(13-17)19(12-24-4)16-7-5-6-8-16/h9-11,13-14,16,19H,5-8,12,15H2,1-3H3/t19-/m1/s1/i5D2,6D2. The van der Waals surface area contributed by atoms with E-state index in [1.54, 1.807) is 48.6 Å². The van der Waals surface area contributed by atoms with E-state index in [4.69, 9.17) is 16.8 Å². The summed E-state index contributed by atoms with van der Waals surface area (Å²) in [7, 11) is 0. The third-order valence-electron chi connectivity index (χ3n) is 5.39. The van der Waals surface area contributed by atoms with Gasteiger partial charge in [-0.25, -0.2) is 16.5 Å². The average molecular weight is 425 g/mol. The van der Waals surface area contributed by atoms with Gasteiger partial charge in [0.2, 0.25) is 6.54 Å². The van der Waals surface area contributed by atoms with Gasteiger partial charge in [-0.2, -0.15) is 5.10 Å². The highest BCUT2D eigenvalue weighted by Crippen LogP contribution is 2.35. The predicted molar refractivity (Wildman–Crippen MR) is 117 cm³/mol. The Morgan fingerprint density at radius 2 is 2.16 bits per heavy atom. The second-order valence-corrected chi connectivity index (χ2v) is 8.69. The fraction of sp³-hybridized carbons (Fsp3) is 0.522. The summed E-state index contributed by atoms with van der Waals surface area (Å²) in [6, 6.07) is 1.39. The van der Waals surface area contributed by atoms with Crippen LogP contribution in [0.4, 0.5) is 0 Å². The molecule has 4 rings (SSSR count). The molecule has 0 radical (unpaired) electrons. The van der Waals surface area contributed by atoms with E-state index >= 15 is 0 Å². The highest BCUT2D eigenvalue weighted by Gasteiger charge is 2.29. The minimum absolute atomic E-state index is 0.0219. The predicted octanol–water partition coefficient (Wildman–Crippen LogP) is 4.49. The molecular formula is C23H28N6O2. The van der Waals surface area contributed by atoms with Gasteiger partial charge >= 0.3 is 5.97 Å². The van der Waals surface area contributed by atoms with Gasteiger partial charge < -0.3 is 9.58 Å². The van der Waals surface area contributed by atoms with Gasteiger partial charge in [0, 0.05) is 28.8 Å². The molecule has 0 bridgehead atoms. The third-order valence-corrected chi connectivity index (χ3v) is 5.39. The number of esters is 1. The molecular weight excluding hydrogens is 392 g/mol. The van der Waals surface area contributed by atoms with E-state index in [0.29, 0.717) is 16.9 Å². The van der Waals surface area contributed by atoms with Gasteiger partial charge in [-0.3, -0.25) is 14.0 Å². The van der Waals surface area contributed by atoms with Gasteiger partial charge in [0.15, 0.2) is 6.73 Å². The molecule has 0 amide bonds. The normalized spacial score (nSPS) is 21.0. The Labute approximate surface area is 187 Å². The van der Waals surface area contributed by atoms with Gasteiger partial charge in [-0.1, -0.05) is 12.7 Å². The molecule has 1 aliphatic carbocycles. The zero-order chi connectivity index (χ0) is 25.6. The minimum atomic E-state index is -1.95. The molecule has 0 saturated heterocycles. The lowest BCUT2D eigenvalue weighted by atomic mass is 9.98. The van der Waals surface area contributed by atoms with Crippen molar-refractivity contribution in [3.8, 4) is 11.3 Å². The molecule has 1 fully saturated rings. The Bertz CT molecular complexity index is 1270. The van der Waals surface area contributed by atoms with E-state index in [0.717, 1.165) is 5.39 Å². The van der Waals surface area contributed by atoms with Crippen LogP contribution in [0.1, 0.15) is 57.9 Å². The maximum Gasteiger partial charge on any atom is 0.312 e. The van der Waals surface area contributed by atoms with E-state index in [2.05, 4.69) is 19.9 Å². The van der Waals surface area contributed by atoms with Crippen LogP contribution in [-0.4, -0.2) is 36.8 Å². The molecule has 3 heterocycles. The van der Waals surface area contributed by atoms with Gasteiger partial charge in [0.05, 0.1) is 17.3 Å². The molecule has 0 aromatic carbocycles. The van der Waals surface area contributed by atoms with Crippen LogP contribution in [0.3, 0.4) is 0 Å². The Balaban J connectivity index is 1.61. The van der Waals surface area contributed by atoms with Crippen molar-refractivity contribution in [2.24, 2.45) is 11.3 Å². The molecule has 0 unspecified atom stereocenters. The van der Waals surface area contributed by atoms with Crippen molar-refractivity contribution in [3.05, 3.63) is 42.4 Å². The lowest BCUT2D eigenvalue weighted by molar-refractivity contribution is -0.156. The maximum absolute atomic E-state index is 12.1. The fourth-order valence-electron chi connectivity index (χ4n) is 3.62. The van der Waals surface area contributed by atoms with Gasteiger partial charge in [-0.05, 0) is 45.6 Å². The number of aromatic nitrogens is 5. The number of rotatable bonds is 6. The summed E-state index contributed by atoms with van der Waals surface area (Å²) in [6.45, 7) is 12.8. The summed E-state index contributed by atoms with van der Waals surface area (Å²) in [5.74, 6) is -0.674. The summed E-state index contributed by atoms with van der Waals surface area (Å²) < 4.78 is 41.0. The first kappa shape index (κ1) is 16.5. The van der Waals surface area contributed by atoms with Gasteiger partial charge in [0.1, 0.15) is 18.0 Å². The topological polar surface area (TPSA) is 79.2 Å². The van der Waals surface area contributed by atoms with Gasteiger partial charge in [-0.15, -0.1) is 0 Å². The number of carbonyl (C=O) groups excluding carboxylic acids is 1. The van der Waals surface area contributed by atoms with E-state index in [1.807, 2.05) is 6.07 Å². The van der Waals surface area contributed by atoms with Crippen molar-refractivity contribution in [3.63, 3.8) is 0 Å². The quantitative estimate of drug-likeness (QED) is 0.430. The number of nitrogens with zero attached hydrogens (tertiary/aromatic N) is 6. The molecule has 1 atom stereocenters. The van der Waals surface area contributed by atoms with Crippen molar-refractivity contribution in [2.75, 3.05) is 6.54 Å². The number of carbonyl (C=O) groups is 1. The number of ether oxygens (including phenoxy) is 1. The first-order chi connectivity index (χ1) is 16.3. The summed E-state index contributed by atoms with van der Waals surface area (Å²) in [6.07, 6.45) is 2.75. The Morgan fingerprint density at radius 1 is 1.39 bits per heavy atom. The van der Waals surface area contributed by atoms with Gasteiger partial charge in [0.25, 0.3) is 0 Å². The van der Waals surface area contributed by atoms with Crippen LogP contribution in [-0.2, 0) is 16.3 Å². The van der Waals surface area contributed by atoms with Crippen molar-refractivity contribution in [1.29, 1.82) is 0 Å². The zero-order valence-electron chi connectivity index (χ0n) is 21.9. The van der Waals surface area contributed by atoms with Crippen molar-refractivity contribution in [1.82, 2.24) is 24.3 Å². The van der Waals surface area contributed by atoms with E-state index in [-0.39, 0.29) is 38.0 Å². The van der Waals surface area contributed by atoms with Crippen LogP contribution in [0, 0.1) is 17.9 Å². The lowest BCUT2D eigenvalue weighted by Gasteiger charge is -2.18. The summed E-state index contributed by atoms with van der Waals surface area (Å²) in [5.41, 5.74) is 1.30. The molecule has 0 aliphatic heterocycles. The minimum Gasteiger partial charge on any atom is -0.443 e. The third kappa shape index (κ3) is 4.31. The summed E-state index contributed by atoms with van der Waals surface area (Å²) in [4.78, 5) is 24.4. The molecule has 8 heteroatoms. The van der Waals surface area contributed by atoms with Crippen LogP contribution in [0.15, 0.2) is 31.0 Å². The molecule has 162 valence electrons. The SMILES string of the molecule is [2H]C1([2H])CC([C@@H](C[N+]#[C-])n2cc(-c3ncnc4c3ccn4COC(=O)C(C)(C)C)cn2)CC1([2H])[2H]. The molecule has 31 heavy (non-hydrogen) atoms. The first-order valence-corrected chi connectivity index (χ1v) is 10.2. The summed E-state index contributed by atoms with van der Waals surface area (Å²) >= 11 is 0. The Morgan fingerprint density at radius 3 is 2.87 bits per heavy atom. The van der Waals surface area contributed by atoms with Crippen molar-refractivity contribution >= 4 is 17.0 Å². The number of fused-ring (bicyclic) bond motifs is 1. The maximum atomic E-state index is 12.1. The lowest BCUT2D eigenvalue weighted by Crippen LogP contribution is -2.23. The largest absolute Gasteiger partial charge is 0.443 e. The first-order valence-electron chi connectivity index (χ1n) is 12.2. The second kappa shape index (κ2) is 8.50. The fourth-order valence-corrected chi connectivity index (χ4v) is 3.62. The smallest absolute Gasteiger partial charge is 0.312 e. The highest BCUT2D eigenvalue weighted by atomic mass is 16.5. The molecule has 3 aromatic heterocycles. The molecule has 3 aromatic rings. The Hall–Kier alpha value is -3.21. The van der Waals surface area contributed by atoms with Crippen LogP contribution >= 0.6 is 0 Å². The van der Waals surface area contributed by atoms with Crippen LogP contribution in [0.25, 0.3) is 27.1 Å². The van der Waals surface area contributed by atoms with Crippen LogP contribution < -0.4 is 0 Å². The Kier molecular flexibility index (Phi) is 4.52. The van der Waals surface area contributed by atoms with Crippen LogP contribution in [0.2, 0.25) is 0 Å². The van der Waals surface area contributed by atoms with Crippen molar-refractivity contribution < 1.29 is 15.0 Å². The number of hydrogen-bond acceptors (Lipinski definition) is 5. The summed E-state index contributed by atoms with van der Waals surface area (Å²) in [5, 5.41) is 5.19. The van der Waals surface area contributed by atoms with E-state index < -0.39 is 24.2 Å². The molecule has 0 spiro atoms. The highest BCUT2D eigenvalue weighted by molar-refractivity contribution is 5.90. The number of hydrogen-bond donors (Lipinski definition) is 0. The van der Waals surface area contributed by atoms with Crippen molar-refractivity contribution in [2.45, 2.75) is 59.1 Å². The van der Waals surface area contributed by atoms with E-state index in [9.17, 15) is 4.79 Å². The zero-order valence-corrected chi connectivity index (χ0v) is 17.9. The molecule has 1 aliphatic rings. The molecule has 0 N–H and O–H groups in total. The van der Waals surface area contributed by atoms with Crippen LogP contribution in [0.5, 0.6) is 0 Å².